The van der Waals surface area contributed by atoms with Crippen LogP contribution in [0.25, 0.3) is 0 Å². The molecule has 1 heteroatoms. The van der Waals surface area contributed by atoms with Gasteiger partial charge in [-0.2, -0.15) is 0 Å². The molecule has 0 N–H and O–H groups in total. The van der Waals surface area contributed by atoms with Crippen LogP contribution in [0.2, 0.25) is 0 Å². The highest BCUT2D eigenvalue weighted by atomic mass is 14.7. The number of nitrogens with zero attached hydrogens (tertiary/aromatic N) is 1. The lowest BCUT2D eigenvalue weighted by atomic mass is 10.2. The fraction of sp³-hybridized carbons (Fsp3) is 0.571. The monoisotopic (exact) mass is 111 g/mol. The van der Waals surface area contributed by atoms with Crippen LogP contribution in [0.5, 0.6) is 0 Å². The zero-order valence-corrected chi connectivity index (χ0v) is 5.65. The van der Waals surface area contributed by atoms with Crippen LogP contribution < -0.4 is 0 Å². The Morgan fingerprint density at radius 2 is 2.38 bits per heavy atom. The summed E-state index contributed by atoms with van der Waals surface area (Å²) in [6.45, 7) is 8.36. The van der Waals surface area contributed by atoms with E-state index in [2.05, 4.69) is 31.6 Å². The zero-order chi connectivity index (χ0) is 6.41. The maximum absolute atomic E-state index is 3.74. The molecule has 0 radical (unpaired) electrons. The summed E-state index contributed by atoms with van der Waals surface area (Å²) in [5.41, 5.74) is 1.31. The molecule has 0 saturated heterocycles. The average Bonchev–Trinajstić information content (AvgIpc) is 1.68. The molecule has 1 nitrogen and oxygen atoms in total. The highest BCUT2D eigenvalue weighted by Crippen LogP contribution is 1.93. The van der Waals surface area contributed by atoms with Crippen molar-refractivity contribution < 1.29 is 0 Å². The van der Waals surface area contributed by atoms with Gasteiger partial charge in [0.15, 0.2) is 0 Å². The zero-order valence-electron chi connectivity index (χ0n) is 5.65. The molecule has 46 valence electrons. The summed E-state index contributed by atoms with van der Waals surface area (Å²) in [7, 11) is 0. The number of aliphatic imine (C=N–C) groups is 1. The minimum Gasteiger partial charge on any atom is -0.297 e. The van der Waals surface area contributed by atoms with Gasteiger partial charge in [0, 0.05) is 0 Å². The predicted molar refractivity (Wildman–Crippen MR) is 38.5 cm³/mol. The summed E-state index contributed by atoms with van der Waals surface area (Å²) in [5.74, 6) is 0. The molecule has 0 fully saturated rings. The van der Waals surface area contributed by atoms with Crippen molar-refractivity contribution in [1.82, 2.24) is 0 Å². The molecule has 0 spiro atoms. The van der Waals surface area contributed by atoms with Gasteiger partial charge in [0.25, 0.3) is 0 Å². The summed E-state index contributed by atoms with van der Waals surface area (Å²) >= 11 is 0. The Bertz CT molecular complexity index is 92.6. The van der Waals surface area contributed by atoms with Gasteiger partial charge >= 0.3 is 0 Å². The molecular weight excluding hydrogens is 98.1 g/mol. The lowest BCUT2D eigenvalue weighted by molar-refractivity contribution is 1.09. The Morgan fingerprint density at radius 1 is 1.75 bits per heavy atom. The van der Waals surface area contributed by atoms with Crippen molar-refractivity contribution in [2.24, 2.45) is 4.99 Å². The second-order valence-corrected chi connectivity index (χ2v) is 1.84. The van der Waals surface area contributed by atoms with E-state index < -0.39 is 0 Å². The second kappa shape index (κ2) is 4.57. The largest absolute Gasteiger partial charge is 0.297 e. The van der Waals surface area contributed by atoms with Gasteiger partial charge in [-0.15, -0.1) is 0 Å². The normalized spacial score (nSPS) is 11.5. The summed E-state index contributed by atoms with van der Waals surface area (Å²) in [6, 6.07) is 0. The van der Waals surface area contributed by atoms with E-state index in [1.54, 1.807) is 0 Å². The van der Waals surface area contributed by atoms with E-state index in [9.17, 15) is 0 Å². The fourth-order valence-electron chi connectivity index (χ4n) is 0.589. The quantitative estimate of drug-likeness (QED) is 0.390. The van der Waals surface area contributed by atoms with Gasteiger partial charge in [0.1, 0.15) is 0 Å². The van der Waals surface area contributed by atoms with Crippen LogP contribution in [-0.4, -0.2) is 13.3 Å². The van der Waals surface area contributed by atoms with Crippen LogP contribution in [0.3, 0.4) is 0 Å². The predicted octanol–water partition coefficient (Wildman–Crippen LogP) is 2.04. The number of rotatable bonds is 3. The molecule has 0 unspecified atom stereocenters. The van der Waals surface area contributed by atoms with Crippen molar-refractivity contribution >= 4 is 6.72 Å². The maximum Gasteiger partial charge on any atom is 0.0589 e. The van der Waals surface area contributed by atoms with Crippen molar-refractivity contribution in [3.63, 3.8) is 0 Å². The van der Waals surface area contributed by atoms with E-state index >= 15 is 0 Å². The second-order valence-electron chi connectivity index (χ2n) is 1.84. The standard InChI is InChI=1S/C7H13N/c1-4-5-7(2)6-8-3/h5H,3-4,6H2,1-2H3/b7-5+. The molecule has 0 aromatic carbocycles. The van der Waals surface area contributed by atoms with Gasteiger partial charge in [-0.3, -0.25) is 4.99 Å². The minimum atomic E-state index is 0.786. The van der Waals surface area contributed by atoms with Gasteiger partial charge in [-0.05, 0) is 20.1 Å². The van der Waals surface area contributed by atoms with Gasteiger partial charge in [-0.25, -0.2) is 0 Å². The third kappa shape index (κ3) is 3.59. The highest BCUT2D eigenvalue weighted by Gasteiger charge is 1.79. The van der Waals surface area contributed by atoms with E-state index in [4.69, 9.17) is 0 Å². The maximum atomic E-state index is 3.74. The van der Waals surface area contributed by atoms with E-state index in [0.29, 0.717) is 0 Å². The molecule has 8 heavy (non-hydrogen) atoms. The highest BCUT2D eigenvalue weighted by molar-refractivity contribution is 5.24. The molecule has 0 atom stereocenters. The number of hydrogen-bond donors (Lipinski definition) is 0. The molecular formula is C7H13N. The molecule has 0 saturated carbocycles. The molecule has 0 aromatic heterocycles. The Hall–Kier alpha value is -0.590. The molecule has 0 aliphatic carbocycles. The summed E-state index contributed by atoms with van der Waals surface area (Å²) < 4.78 is 0. The Kier molecular flexibility index (Phi) is 4.23. The SMILES string of the molecule is C=NC/C(C)=C/CC. The van der Waals surface area contributed by atoms with Gasteiger partial charge < -0.3 is 0 Å². The van der Waals surface area contributed by atoms with Crippen LogP contribution in [0.4, 0.5) is 0 Å². The summed E-state index contributed by atoms with van der Waals surface area (Å²) in [6.07, 6.45) is 3.26. The van der Waals surface area contributed by atoms with Crippen LogP contribution >= 0.6 is 0 Å². The van der Waals surface area contributed by atoms with Crippen LogP contribution in [0, 0.1) is 0 Å². The molecule has 0 aliphatic rings. The number of hydrogen-bond acceptors (Lipinski definition) is 1. The average molecular weight is 111 g/mol. The molecule has 0 amide bonds. The molecule has 0 rings (SSSR count). The lowest BCUT2D eigenvalue weighted by Crippen LogP contribution is -1.79. The third-order valence-electron chi connectivity index (χ3n) is 0.914. The first-order valence-corrected chi connectivity index (χ1v) is 2.89. The molecule has 0 heterocycles. The van der Waals surface area contributed by atoms with Crippen molar-refractivity contribution in [3.8, 4) is 0 Å². The van der Waals surface area contributed by atoms with Crippen LogP contribution in [-0.2, 0) is 0 Å². The molecule has 0 bridgehead atoms. The first-order chi connectivity index (χ1) is 3.81. The van der Waals surface area contributed by atoms with Crippen molar-refractivity contribution in [1.29, 1.82) is 0 Å². The molecule has 0 aromatic rings. The Balaban J connectivity index is 3.44. The van der Waals surface area contributed by atoms with Crippen molar-refractivity contribution in [3.05, 3.63) is 11.6 Å². The van der Waals surface area contributed by atoms with Gasteiger partial charge in [0.05, 0.1) is 6.54 Å². The van der Waals surface area contributed by atoms with Crippen LogP contribution in [0.1, 0.15) is 20.3 Å². The Labute approximate surface area is 51.1 Å². The fourth-order valence-corrected chi connectivity index (χ4v) is 0.589. The lowest BCUT2D eigenvalue weighted by Gasteiger charge is -1.90. The van der Waals surface area contributed by atoms with Gasteiger partial charge in [0.2, 0.25) is 0 Å². The van der Waals surface area contributed by atoms with Crippen molar-refractivity contribution in [2.75, 3.05) is 6.54 Å². The van der Waals surface area contributed by atoms with Crippen LogP contribution in [0.15, 0.2) is 16.6 Å². The van der Waals surface area contributed by atoms with Gasteiger partial charge in [-0.1, -0.05) is 18.6 Å². The minimum absolute atomic E-state index is 0.786. The summed E-state index contributed by atoms with van der Waals surface area (Å²) in [4.78, 5) is 3.74. The number of allylic oxidation sites excluding steroid dienone is 1. The first kappa shape index (κ1) is 7.41. The molecule has 0 aliphatic heterocycles. The first-order valence-electron chi connectivity index (χ1n) is 2.89. The van der Waals surface area contributed by atoms with E-state index in [0.717, 1.165) is 13.0 Å². The summed E-state index contributed by atoms with van der Waals surface area (Å²) in [5, 5.41) is 0. The topological polar surface area (TPSA) is 12.4 Å². The van der Waals surface area contributed by atoms with E-state index in [-0.39, 0.29) is 0 Å². The van der Waals surface area contributed by atoms with E-state index in [1.807, 2.05) is 0 Å². The smallest absolute Gasteiger partial charge is 0.0589 e. The third-order valence-corrected chi connectivity index (χ3v) is 0.914. The Morgan fingerprint density at radius 3 is 2.75 bits per heavy atom. The van der Waals surface area contributed by atoms with Crippen molar-refractivity contribution in [2.45, 2.75) is 20.3 Å². The van der Waals surface area contributed by atoms with E-state index in [1.165, 1.54) is 5.57 Å².